The molecule has 1 amide bonds. The molecule has 0 aliphatic heterocycles. The number of carbonyl (C=O) groups is 1. The lowest BCUT2D eigenvalue weighted by atomic mass is 9.95. The van der Waals surface area contributed by atoms with E-state index in [1.807, 2.05) is 51.1 Å². The van der Waals surface area contributed by atoms with Gasteiger partial charge in [0.25, 0.3) is 0 Å². The lowest BCUT2D eigenvalue weighted by Gasteiger charge is -2.23. The van der Waals surface area contributed by atoms with E-state index < -0.39 is 0 Å². The van der Waals surface area contributed by atoms with Gasteiger partial charge < -0.3 is 5.32 Å². The second-order valence-electron chi connectivity index (χ2n) is 5.26. The number of hydrogen-bond acceptors (Lipinski definition) is 1. The summed E-state index contributed by atoms with van der Waals surface area (Å²) in [5, 5.41) is 2.98. The molecule has 1 N–H and O–H groups in total. The molecule has 3 heteroatoms. The second kappa shape index (κ2) is 6.06. The molecule has 0 radical (unpaired) electrons. The summed E-state index contributed by atoms with van der Waals surface area (Å²) in [6, 6.07) is 10.0. The number of benzene rings is 1. The largest absolute Gasteiger partial charge is 0.351 e. The summed E-state index contributed by atoms with van der Waals surface area (Å²) in [5.41, 5.74) is 0.813. The van der Waals surface area contributed by atoms with E-state index in [4.69, 9.17) is 11.6 Å². The minimum atomic E-state index is -0.374. The number of alkyl halides is 1. The zero-order chi connectivity index (χ0) is 12.9. The maximum absolute atomic E-state index is 11.9. The molecule has 0 aromatic heterocycles. The van der Waals surface area contributed by atoms with Gasteiger partial charge in [-0.3, -0.25) is 4.79 Å². The second-order valence-corrected chi connectivity index (χ2v) is 5.57. The number of nitrogens with one attached hydrogen (secondary N) is 1. The highest BCUT2D eigenvalue weighted by atomic mass is 35.5. The van der Waals surface area contributed by atoms with Gasteiger partial charge in [0.15, 0.2) is 0 Å². The Labute approximate surface area is 108 Å². The van der Waals surface area contributed by atoms with Crippen molar-refractivity contribution in [2.24, 2.45) is 5.41 Å². The average molecular weight is 254 g/mol. The zero-order valence-corrected chi connectivity index (χ0v) is 11.4. The number of carbonyl (C=O) groups excluding carboxylic acids is 1. The summed E-state index contributed by atoms with van der Waals surface area (Å²) in [6.07, 6.45) is 0.770. The predicted octanol–water partition coefficient (Wildman–Crippen LogP) is 3.00. The predicted molar refractivity (Wildman–Crippen MR) is 72.3 cm³/mol. The van der Waals surface area contributed by atoms with Crippen molar-refractivity contribution < 1.29 is 4.79 Å². The molecule has 0 saturated carbocycles. The first kappa shape index (κ1) is 14.0. The molecule has 0 unspecified atom stereocenters. The van der Waals surface area contributed by atoms with Crippen LogP contribution in [-0.4, -0.2) is 17.8 Å². The minimum Gasteiger partial charge on any atom is -0.351 e. The van der Waals surface area contributed by atoms with Gasteiger partial charge in [0.1, 0.15) is 0 Å². The molecule has 1 atom stereocenters. The Morgan fingerprint density at radius 2 is 1.88 bits per heavy atom. The van der Waals surface area contributed by atoms with E-state index in [-0.39, 0.29) is 17.4 Å². The van der Waals surface area contributed by atoms with Crippen LogP contribution in [0.1, 0.15) is 26.3 Å². The molecule has 1 rings (SSSR count). The van der Waals surface area contributed by atoms with E-state index in [1.165, 1.54) is 5.56 Å². The van der Waals surface area contributed by atoms with E-state index >= 15 is 0 Å². The average Bonchev–Trinajstić information content (AvgIpc) is 2.28. The van der Waals surface area contributed by atoms with Crippen LogP contribution in [0.15, 0.2) is 30.3 Å². The molecule has 0 aliphatic carbocycles. The maximum Gasteiger partial charge on any atom is 0.225 e. The van der Waals surface area contributed by atoms with Crippen LogP contribution in [0.4, 0.5) is 0 Å². The van der Waals surface area contributed by atoms with Crippen LogP contribution in [0.2, 0.25) is 0 Å². The molecule has 0 spiro atoms. The van der Waals surface area contributed by atoms with Gasteiger partial charge in [-0.1, -0.05) is 51.1 Å². The van der Waals surface area contributed by atoms with Gasteiger partial charge in [0.05, 0.1) is 0 Å². The molecule has 0 bridgehead atoms. The molecule has 1 aromatic rings. The van der Waals surface area contributed by atoms with Crippen molar-refractivity contribution in [1.82, 2.24) is 5.32 Å². The van der Waals surface area contributed by atoms with Crippen molar-refractivity contribution in [2.75, 3.05) is 5.88 Å². The molecule has 94 valence electrons. The standard InChI is InChI=1S/C14H20ClNO/c1-14(2,3)13(17)16-12(10-15)9-11-7-5-4-6-8-11/h4-8,12H,9-10H2,1-3H3,(H,16,17)/t12-/m0/s1. The van der Waals surface area contributed by atoms with Crippen molar-refractivity contribution in [3.05, 3.63) is 35.9 Å². The fourth-order valence-electron chi connectivity index (χ4n) is 1.44. The highest BCUT2D eigenvalue weighted by Gasteiger charge is 2.23. The van der Waals surface area contributed by atoms with Crippen molar-refractivity contribution in [2.45, 2.75) is 33.2 Å². The van der Waals surface area contributed by atoms with E-state index in [9.17, 15) is 4.79 Å². The third-order valence-electron chi connectivity index (χ3n) is 2.53. The van der Waals surface area contributed by atoms with E-state index in [1.54, 1.807) is 0 Å². The van der Waals surface area contributed by atoms with Crippen molar-refractivity contribution >= 4 is 17.5 Å². The van der Waals surface area contributed by atoms with Gasteiger partial charge in [-0.25, -0.2) is 0 Å². The zero-order valence-electron chi connectivity index (χ0n) is 10.7. The minimum absolute atomic E-state index is 0.00853. The van der Waals surface area contributed by atoms with Crippen LogP contribution >= 0.6 is 11.6 Å². The summed E-state index contributed by atoms with van der Waals surface area (Å²) < 4.78 is 0. The van der Waals surface area contributed by atoms with Crippen molar-refractivity contribution in [1.29, 1.82) is 0 Å². The van der Waals surface area contributed by atoms with E-state index in [2.05, 4.69) is 5.32 Å². The SMILES string of the molecule is CC(C)(C)C(=O)N[C@H](CCl)Cc1ccccc1. The van der Waals surface area contributed by atoms with Crippen LogP contribution in [0, 0.1) is 5.41 Å². The molecule has 0 saturated heterocycles. The number of halogens is 1. The van der Waals surface area contributed by atoms with Gasteiger partial charge in [-0.15, -0.1) is 11.6 Å². The monoisotopic (exact) mass is 253 g/mol. The van der Waals surface area contributed by atoms with Crippen molar-refractivity contribution in [3.8, 4) is 0 Å². The topological polar surface area (TPSA) is 29.1 Å². The summed E-state index contributed by atoms with van der Waals surface area (Å²) in [4.78, 5) is 11.9. The smallest absolute Gasteiger partial charge is 0.225 e. The molecule has 0 fully saturated rings. The van der Waals surface area contributed by atoms with Gasteiger partial charge in [-0.2, -0.15) is 0 Å². The third-order valence-corrected chi connectivity index (χ3v) is 2.90. The maximum atomic E-state index is 11.9. The molecule has 0 heterocycles. The summed E-state index contributed by atoms with van der Waals surface area (Å²) in [5.74, 6) is 0.468. The number of amides is 1. The lowest BCUT2D eigenvalue weighted by Crippen LogP contribution is -2.43. The van der Waals surface area contributed by atoms with Crippen LogP contribution < -0.4 is 5.32 Å². The molecular weight excluding hydrogens is 234 g/mol. The Kier molecular flexibility index (Phi) is 5.01. The molecule has 17 heavy (non-hydrogen) atoms. The summed E-state index contributed by atoms with van der Waals surface area (Å²) >= 11 is 5.90. The Morgan fingerprint density at radius 1 is 1.29 bits per heavy atom. The lowest BCUT2D eigenvalue weighted by molar-refractivity contribution is -0.129. The molecule has 0 aliphatic rings. The molecular formula is C14H20ClNO. The van der Waals surface area contributed by atoms with Gasteiger partial charge in [0.2, 0.25) is 5.91 Å². The number of hydrogen-bond donors (Lipinski definition) is 1. The molecule has 2 nitrogen and oxygen atoms in total. The highest BCUT2D eigenvalue weighted by molar-refractivity contribution is 6.18. The summed E-state index contributed by atoms with van der Waals surface area (Å²) in [7, 11) is 0. The van der Waals surface area contributed by atoms with Gasteiger partial charge in [0, 0.05) is 17.3 Å². The van der Waals surface area contributed by atoms with Crippen LogP contribution in [0.5, 0.6) is 0 Å². The van der Waals surface area contributed by atoms with Crippen LogP contribution in [-0.2, 0) is 11.2 Å². The first-order valence-corrected chi connectivity index (χ1v) is 6.38. The van der Waals surface area contributed by atoms with Crippen molar-refractivity contribution in [3.63, 3.8) is 0 Å². The van der Waals surface area contributed by atoms with E-state index in [0.29, 0.717) is 5.88 Å². The van der Waals surface area contributed by atoms with Crippen LogP contribution in [0.3, 0.4) is 0 Å². The highest BCUT2D eigenvalue weighted by Crippen LogP contribution is 2.14. The normalized spacial score (nSPS) is 13.2. The Balaban J connectivity index is 2.59. The summed E-state index contributed by atoms with van der Waals surface area (Å²) in [6.45, 7) is 5.70. The third kappa shape index (κ3) is 4.78. The quantitative estimate of drug-likeness (QED) is 0.822. The van der Waals surface area contributed by atoms with Crippen LogP contribution in [0.25, 0.3) is 0 Å². The Hall–Kier alpha value is -1.02. The first-order chi connectivity index (χ1) is 7.93. The number of rotatable bonds is 4. The Morgan fingerprint density at radius 3 is 2.35 bits per heavy atom. The van der Waals surface area contributed by atoms with E-state index in [0.717, 1.165) is 6.42 Å². The fourth-order valence-corrected chi connectivity index (χ4v) is 1.63. The first-order valence-electron chi connectivity index (χ1n) is 5.84. The van der Waals surface area contributed by atoms with Gasteiger partial charge in [-0.05, 0) is 12.0 Å². The molecule has 1 aromatic carbocycles. The van der Waals surface area contributed by atoms with Gasteiger partial charge >= 0.3 is 0 Å². The fraction of sp³-hybridized carbons (Fsp3) is 0.500. The Bertz CT molecular complexity index is 356.